The van der Waals surface area contributed by atoms with Gasteiger partial charge in [0.05, 0.1) is 17.9 Å². The molecule has 2 aliphatic heterocycles. The number of carbonyl (C=O) groups excluding carboxylic acids is 2. The Morgan fingerprint density at radius 2 is 1.68 bits per heavy atom. The summed E-state index contributed by atoms with van der Waals surface area (Å²) in [6, 6.07) is 15.0. The lowest BCUT2D eigenvalue weighted by Crippen LogP contribution is -2.36. The maximum absolute atomic E-state index is 13.0. The van der Waals surface area contributed by atoms with Crippen molar-refractivity contribution in [2.75, 3.05) is 43.9 Å². The van der Waals surface area contributed by atoms with Crippen LogP contribution in [0.4, 0.5) is 21.1 Å². The van der Waals surface area contributed by atoms with Crippen LogP contribution in [0.15, 0.2) is 54.6 Å². The maximum atomic E-state index is 13.0. The molecule has 44 heavy (non-hydrogen) atoms. The number of benzene rings is 2. The summed E-state index contributed by atoms with van der Waals surface area (Å²) in [5, 5.41) is 11.5. The highest BCUT2D eigenvalue weighted by Crippen LogP contribution is 2.27. The van der Waals surface area contributed by atoms with E-state index in [-0.39, 0.29) is 12.0 Å². The molecule has 0 spiro atoms. The van der Waals surface area contributed by atoms with Crippen molar-refractivity contribution in [2.24, 2.45) is 0 Å². The summed E-state index contributed by atoms with van der Waals surface area (Å²) in [6.45, 7) is 9.87. The van der Waals surface area contributed by atoms with Crippen molar-refractivity contribution in [1.82, 2.24) is 28.8 Å². The molecule has 0 unspecified atom stereocenters. The van der Waals surface area contributed by atoms with Crippen LogP contribution in [-0.4, -0.2) is 77.9 Å². The number of aromatic nitrogens is 2. The summed E-state index contributed by atoms with van der Waals surface area (Å²) in [4.78, 5) is 27.2. The first-order valence-corrected chi connectivity index (χ1v) is 16.1. The van der Waals surface area contributed by atoms with Gasteiger partial charge in [-0.15, -0.1) is 0 Å². The Morgan fingerprint density at radius 3 is 2.30 bits per heavy atom. The largest absolute Gasteiger partial charge is 0.492 e. The van der Waals surface area contributed by atoms with Crippen LogP contribution in [0.2, 0.25) is 0 Å². The van der Waals surface area contributed by atoms with Crippen molar-refractivity contribution < 1.29 is 22.7 Å². The van der Waals surface area contributed by atoms with Crippen LogP contribution in [0.5, 0.6) is 5.75 Å². The Bertz CT molecular complexity index is 1580. The highest BCUT2D eigenvalue weighted by molar-refractivity contribution is 7.88. The second-order valence-electron chi connectivity index (χ2n) is 12.0. The van der Waals surface area contributed by atoms with Crippen LogP contribution in [-0.2, 0) is 22.2 Å². The molecule has 0 aliphatic carbocycles. The third-order valence-corrected chi connectivity index (χ3v) is 8.94. The normalized spacial score (nSPS) is 17.4. The van der Waals surface area contributed by atoms with Gasteiger partial charge in [0.25, 0.3) is 0 Å². The third-order valence-electron chi connectivity index (χ3n) is 7.58. The van der Waals surface area contributed by atoms with E-state index in [1.165, 1.54) is 26.3 Å². The molecule has 4 amide bonds. The minimum atomic E-state index is -3.94. The first-order chi connectivity index (χ1) is 20.9. The van der Waals surface area contributed by atoms with E-state index < -0.39 is 22.3 Å². The summed E-state index contributed by atoms with van der Waals surface area (Å²) in [6.07, 6.45) is 3.81. The molecular formula is C30H40N8O5S. The van der Waals surface area contributed by atoms with Crippen molar-refractivity contribution in [3.63, 3.8) is 0 Å². The molecule has 236 valence electrons. The van der Waals surface area contributed by atoms with Crippen LogP contribution in [0.1, 0.15) is 51.3 Å². The molecule has 3 heterocycles. The Morgan fingerprint density at radius 1 is 1.00 bits per heavy atom. The monoisotopic (exact) mass is 624 g/mol. The minimum absolute atomic E-state index is 0.0278. The molecule has 0 atom stereocenters. The van der Waals surface area contributed by atoms with E-state index in [2.05, 4.69) is 15.5 Å². The predicted molar refractivity (Wildman–Crippen MR) is 168 cm³/mol. The van der Waals surface area contributed by atoms with E-state index in [1.54, 1.807) is 41.1 Å². The smallest absolute Gasteiger partial charge is 0.347 e. The molecule has 2 aromatic carbocycles. The standard InChI is InChI=1S/C30H40N8O5S/c1-30(2,3)26-20-27(32-28(39)31-23-10-14-25(15-11-23)43-19-18-36-16-6-5-7-17-36)38(33-26)24-12-8-22(9-13-24)21-37-35(4)29(40)34-44(37,41)42/h8-15,20H,5-7,16-19,21H2,1-4H3,(H,34,40)(H2,31,32,39). The molecule has 0 radical (unpaired) electrons. The Kier molecular flexibility index (Phi) is 9.13. The average molecular weight is 625 g/mol. The van der Waals surface area contributed by atoms with E-state index in [1.807, 2.05) is 43.7 Å². The quantitative estimate of drug-likeness (QED) is 0.323. The number of likely N-dealkylation sites (tertiary alicyclic amines) is 1. The molecule has 14 heteroatoms. The van der Waals surface area contributed by atoms with Gasteiger partial charge >= 0.3 is 22.3 Å². The van der Waals surface area contributed by atoms with Crippen molar-refractivity contribution in [2.45, 2.75) is 52.0 Å². The third kappa shape index (κ3) is 7.49. The van der Waals surface area contributed by atoms with E-state index in [9.17, 15) is 18.0 Å². The lowest BCUT2D eigenvalue weighted by molar-refractivity contribution is 0.132. The van der Waals surface area contributed by atoms with Gasteiger partial charge in [0, 0.05) is 30.8 Å². The van der Waals surface area contributed by atoms with Crippen LogP contribution in [0.3, 0.4) is 0 Å². The van der Waals surface area contributed by atoms with Crippen LogP contribution in [0.25, 0.3) is 5.69 Å². The second-order valence-corrected chi connectivity index (χ2v) is 13.6. The predicted octanol–water partition coefficient (Wildman–Crippen LogP) is 4.30. The number of ether oxygens (including phenoxy) is 1. The van der Waals surface area contributed by atoms with Gasteiger partial charge < -0.3 is 10.1 Å². The number of piperidine rings is 1. The van der Waals surface area contributed by atoms with Gasteiger partial charge in [-0.1, -0.05) is 43.7 Å². The van der Waals surface area contributed by atoms with Gasteiger partial charge in [-0.2, -0.15) is 13.5 Å². The number of hydrogen-bond donors (Lipinski definition) is 3. The molecule has 3 N–H and O–H groups in total. The lowest BCUT2D eigenvalue weighted by atomic mass is 9.92. The number of nitrogens with zero attached hydrogens (tertiary/aromatic N) is 5. The van der Waals surface area contributed by atoms with E-state index in [4.69, 9.17) is 9.84 Å². The Labute approximate surface area is 258 Å². The summed E-state index contributed by atoms with van der Waals surface area (Å²) in [5.74, 6) is 1.22. The first kappa shape index (κ1) is 31.3. The number of carbonyl (C=O) groups is 2. The van der Waals surface area contributed by atoms with Crippen molar-refractivity contribution >= 4 is 33.8 Å². The van der Waals surface area contributed by atoms with E-state index in [0.717, 1.165) is 40.5 Å². The zero-order valence-electron chi connectivity index (χ0n) is 25.5. The fourth-order valence-corrected chi connectivity index (χ4v) is 6.18. The summed E-state index contributed by atoms with van der Waals surface area (Å²) in [5.41, 5.74) is 2.44. The summed E-state index contributed by atoms with van der Waals surface area (Å²) in [7, 11) is -2.55. The zero-order chi connectivity index (χ0) is 31.5. The van der Waals surface area contributed by atoms with Crippen molar-refractivity contribution in [3.05, 3.63) is 65.9 Å². The van der Waals surface area contributed by atoms with E-state index in [0.29, 0.717) is 29.4 Å². The molecule has 5 rings (SSSR count). The minimum Gasteiger partial charge on any atom is -0.492 e. The number of nitrogens with one attached hydrogen (secondary N) is 3. The topological polar surface area (TPSA) is 141 Å². The number of urea groups is 2. The van der Waals surface area contributed by atoms with Gasteiger partial charge in [-0.05, 0) is 67.9 Å². The van der Waals surface area contributed by atoms with Crippen LogP contribution < -0.4 is 20.1 Å². The average Bonchev–Trinajstić information content (AvgIpc) is 3.49. The number of rotatable bonds is 9. The molecule has 2 saturated heterocycles. The zero-order valence-corrected chi connectivity index (χ0v) is 26.4. The fourth-order valence-electron chi connectivity index (χ4n) is 5.00. The van der Waals surface area contributed by atoms with Crippen LogP contribution in [0, 0.1) is 0 Å². The Hall–Kier alpha value is -4.14. The number of hydrogen-bond acceptors (Lipinski definition) is 7. The molecule has 0 saturated carbocycles. The number of hydrazine groups is 1. The van der Waals surface area contributed by atoms with Gasteiger partial charge in [0.15, 0.2) is 0 Å². The van der Waals surface area contributed by atoms with Crippen molar-refractivity contribution in [3.8, 4) is 11.4 Å². The van der Waals surface area contributed by atoms with Gasteiger partial charge in [-0.3, -0.25) is 10.2 Å². The molecular weight excluding hydrogens is 584 g/mol. The summed E-state index contributed by atoms with van der Waals surface area (Å²) < 4.78 is 34.9. The molecule has 3 aromatic rings. The van der Waals surface area contributed by atoms with Gasteiger partial charge in [0.2, 0.25) is 0 Å². The SMILES string of the molecule is CN1C(=O)NS(=O)(=O)N1Cc1ccc(-n2nc(C(C)(C)C)cc2NC(=O)Nc2ccc(OCCN3CCCCC3)cc2)cc1. The highest BCUT2D eigenvalue weighted by Gasteiger charge is 2.38. The highest BCUT2D eigenvalue weighted by atomic mass is 32.2. The van der Waals surface area contributed by atoms with Crippen molar-refractivity contribution in [1.29, 1.82) is 0 Å². The van der Waals surface area contributed by atoms with Crippen LogP contribution >= 0.6 is 0 Å². The fraction of sp³-hybridized carbons (Fsp3) is 0.433. The first-order valence-electron chi connectivity index (χ1n) is 14.7. The molecule has 13 nitrogen and oxygen atoms in total. The second kappa shape index (κ2) is 12.8. The summed E-state index contributed by atoms with van der Waals surface area (Å²) >= 11 is 0. The van der Waals surface area contributed by atoms with Gasteiger partial charge in [0.1, 0.15) is 18.2 Å². The van der Waals surface area contributed by atoms with E-state index >= 15 is 0 Å². The number of amides is 4. The molecule has 2 aliphatic rings. The molecule has 2 fully saturated rings. The Balaban J connectivity index is 1.23. The molecule has 1 aromatic heterocycles. The number of anilines is 2. The maximum Gasteiger partial charge on any atom is 0.347 e. The lowest BCUT2D eigenvalue weighted by Gasteiger charge is -2.26. The van der Waals surface area contributed by atoms with Gasteiger partial charge in [-0.25, -0.2) is 24.0 Å². The molecule has 0 bridgehead atoms.